The highest BCUT2D eigenvalue weighted by molar-refractivity contribution is 5.31. The molecule has 2 aliphatic rings. The lowest BCUT2D eigenvalue weighted by molar-refractivity contribution is -0.139. The summed E-state index contributed by atoms with van der Waals surface area (Å²) in [7, 11) is 0. The van der Waals surface area contributed by atoms with Crippen molar-refractivity contribution in [3.8, 4) is 0 Å². The van der Waals surface area contributed by atoms with Crippen LogP contribution in [-0.2, 0) is 15.0 Å². The van der Waals surface area contributed by atoms with E-state index < -0.39 is 5.79 Å². The molecular formula is C15H21NO2. The predicted octanol–water partition coefficient (Wildman–Crippen LogP) is 2.85. The number of benzene rings is 1. The molecule has 1 aliphatic carbocycles. The summed E-state index contributed by atoms with van der Waals surface area (Å²) in [5, 5.41) is 0. The molecule has 98 valence electrons. The van der Waals surface area contributed by atoms with Gasteiger partial charge in [-0.15, -0.1) is 0 Å². The first kappa shape index (κ1) is 12.2. The predicted molar refractivity (Wildman–Crippen MR) is 70.0 cm³/mol. The Morgan fingerprint density at radius 2 is 1.83 bits per heavy atom. The molecule has 1 aromatic carbocycles. The van der Waals surface area contributed by atoms with Crippen molar-refractivity contribution in [3.05, 3.63) is 35.4 Å². The summed E-state index contributed by atoms with van der Waals surface area (Å²) in [5.41, 5.74) is 8.66. The van der Waals surface area contributed by atoms with Crippen molar-refractivity contribution in [2.45, 2.75) is 50.5 Å². The van der Waals surface area contributed by atoms with Gasteiger partial charge in [0.1, 0.15) is 6.10 Å². The van der Waals surface area contributed by atoms with Gasteiger partial charge in [0.25, 0.3) is 0 Å². The second-order valence-electron chi connectivity index (χ2n) is 5.95. The summed E-state index contributed by atoms with van der Waals surface area (Å²) in [6.45, 7) is 4.52. The highest BCUT2D eigenvalue weighted by Crippen LogP contribution is 2.39. The molecule has 1 saturated carbocycles. The van der Waals surface area contributed by atoms with Gasteiger partial charge in [0.15, 0.2) is 5.79 Å². The van der Waals surface area contributed by atoms with Crippen molar-refractivity contribution in [1.82, 2.24) is 0 Å². The van der Waals surface area contributed by atoms with Crippen LogP contribution < -0.4 is 5.73 Å². The van der Waals surface area contributed by atoms with Crippen LogP contribution >= 0.6 is 0 Å². The van der Waals surface area contributed by atoms with Crippen molar-refractivity contribution in [1.29, 1.82) is 0 Å². The lowest BCUT2D eigenvalue weighted by Gasteiger charge is -2.38. The molecule has 1 aromatic rings. The van der Waals surface area contributed by atoms with Crippen LogP contribution in [0.5, 0.6) is 0 Å². The zero-order chi connectivity index (χ0) is 12.8. The van der Waals surface area contributed by atoms with Crippen molar-refractivity contribution in [3.63, 3.8) is 0 Å². The van der Waals surface area contributed by atoms with E-state index in [-0.39, 0.29) is 11.6 Å². The maximum absolute atomic E-state index is 6.31. The summed E-state index contributed by atoms with van der Waals surface area (Å²) in [5.74, 6) is -0.466. The van der Waals surface area contributed by atoms with Crippen LogP contribution in [0, 0.1) is 0 Å². The maximum Gasteiger partial charge on any atom is 0.163 e. The Morgan fingerprint density at radius 3 is 2.28 bits per heavy atom. The Morgan fingerprint density at radius 1 is 1.17 bits per heavy atom. The molecule has 0 spiro atoms. The number of hydrogen-bond acceptors (Lipinski definition) is 3. The Bertz CT molecular complexity index is 434. The monoisotopic (exact) mass is 247 g/mol. The minimum atomic E-state index is -0.466. The topological polar surface area (TPSA) is 44.5 Å². The summed E-state index contributed by atoms with van der Waals surface area (Å²) in [6.07, 6.45) is 3.49. The number of ether oxygens (including phenoxy) is 2. The average Bonchev–Trinajstić information content (AvgIpc) is 2.67. The maximum atomic E-state index is 6.31. The quantitative estimate of drug-likeness (QED) is 0.874. The van der Waals surface area contributed by atoms with Gasteiger partial charge in [-0.25, -0.2) is 0 Å². The molecule has 0 radical (unpaired) electrons. The third-order valence-electron chi connectivity index (χ3n) is 4.11. The normalized spacial score (nSPS) is 28.9. The van der Waals surface area contributed by atoms with E-state index in [0.717, 1.165) is 12.8 Å². The van der Waals surface area contributed by atoms with Crippen molar-refractivity contribution in [2.24, 2.45) is 5.73 Å². The van der Waals surface area contributed by atoms with Crippen molar-refractivity contribution >= 4 is 0 Å². The third-order valence-corrected chi connectivity index (χ3v) is 4.11. The van der Waals surface area contributed by atoms with Crippen LogP contribution in [0.3, 0.4) is 0 Å². The first-order valence-corrected chi connectivity index (χ1v) is 6.70. The van der Waals surface area contributed by atoms with Gasteiger partial charge in [-0.3, -0.25) is 0 Å². The van der Waals surface area contributed by atoms with Gasteiger partial charge in [-0.1, -0.05) is 24.3 Å². The van der Waals surface area contributed by atoms with E-state index in [0.29, 0.717) is 6.61 Å². The van der Waals surface area contributed by atoms with Gasteiger partial charge < -0.3 is 15.2 Å². The summed E-state index contributed by atoms with van der Waals surface area (Å²) in [4.78, 5) is 0. The Labute approximate surface area is 108 Å². The molecule has 1 atom stereocenters. The Balaban J connectivity index is 1.75. The molecule has 3 heteroatoms. The summed E-state index contributed by atoms with van der Waals surface area (Å²) in [6, 6.07) is 8.53. The van der Waals surface area contributed by atoms with Crippen LogP contribution in [0.25, 0.3) is 0 Å². The molecule has 2 fully saturated rings. The smallest absolute Gasteiger partial charge is 0.163 e. The minimum absolute atomic E-state index is 0.0455. The molecule has 1 heterocycles. The first-order chi connectivity index (χ1) is 8.49. The fourth-order valence-corrected chi connectivity index (χ4v) is 2.73. The van der Waals surface area contributed by atoms with Gasteiger partial charge in [0, 0.05) is 5.54 Å². The highest BCUT2D eigenvalue weighted by Gasteiger charge is 2.36. The zero-order valence-electron chi connectivity index (χ0n) is 11.1. The number of rotatable bonds is 2. The molecule has 1 aliphatic heterocycles. The second-order valence-corrected chi connectivity index (χ2v) is 5.95. The molecule has 0 amide bonds. The third kappa shape index (κ3) is 2.07. The number of nitrogens with two attached hydrogens (primary N) is 1. The van der Waals surface area contributed by atoms with Crippen LogP contribution in [0.1, 0.15) is 50.3 Å². The summed E-state index contributed by atoms with van der Waals surface area (Å²) < 4.78 is 11.4. The van der Waals surface area contributed by atoms with Crippen LogP contribution in [-0.4, -0.2) is 12.4 Å². The van der Waals surface area contributed by atoms with Crippen LogP contribution in [0.4, 0.5) is 0 Å². The molecule has 18 heavy (non-hydrogen) atoms. The van der Waals surface area contributed by atoms with E-state index in [4.69, 9.17) is 15.2 Å². The van der Waals surface area contributed by atoms with E-state index in [1.165, 1.54) is 17.5 Å². The molecule has 0 aromatic heterocycles. The van der Waals surface area contributed by atoms with Crippen molar-refractivity contribution < 1.29 is 9.47 Å². The summed E-state index contributed by atoms with van der Waals surface area (Å²) >= 11 is 0. The van der Waals surface area contributed by atoms with E-state index >= 15 is 0 Å². The van der Waals surface area contributed by atoms with Gasteiger partial charge in [-0.2, -0.15) is 0 Å². The second kappa shape index (κ2) is 4.05. The Kier molecular flexibility index (Phi) is 2.73. The lowest BCUT2D eigenvalue weighted by Crippen LogP contribution is -2.43. The zero-order valence-corrected chi connectivity index (χ0v) is 11.1. The molecule has 3 nitrogen and oxygen atoms in total. The standard InChI is InChI=1S/C15H21NO2/c1-14(2)17-10-13(18-14)11-4-6-12(7-5-11)15(16)8-3-9-15/h4-7,13H,3,8-10,16H2,1-2H3. The van der Waals surface area contributed by atoms with E-state index in [1.54, 1.807) is 0 Å². The van der Waals surface area contributed by atoms with Crippen molar-refractivity contribution in [2.75, 3.05) is 6.61 Å². The first-order valence-electron chi connectivity index (χ1n) is 6.70. The molecule has 2 N–H and O–H groups in total. The fourth-order valence-electron chi connectivity index (χ4n) is 2.73. The van der Waals surface area contributed by atoms with E-state index in [1.807, 2.05) is 13.8 Å². The molecule has 1 saturated heterocycles. The minimum Gasteiger partial charge on any atom is -0.347 e. The lowest BCUT2D eigenvalue weighted by atomic mass is 9.72. The van der Waals surface area contributed by atoms with E-state index in [9.17, 15) is 0 Å². The van der Waals surface area contributed by atoms with Gasteiger partial charge >= 0.3 is 0 Å². The van der Waals surface area contributed by atoms with Gasteiger partial charge in [0.2, 0.25) is 0 Å². The molecule has 0 bridgehead atoms. The largest absolute Gasteiger partial charge is 0.347 e. The SMILES string of the molecule is CC1(C)OCC(c2ccc(C3(N)CCC3)cc2)O1. The highest BCUT2D eigenvalue weighted by atomic mass is 16.7. The van der Waals surface area contributed by atoms with E-state index in [2.05, 4.69) is 24.3 Å². The number of hydrogen-bond donors (Lipinski definition) is 1. The van der Waals surface area contributed by atoms with Crippen LogP contribution in [0.15, 0.2) is 24.3 Å². The van der Waals surface area contributed by atoms with Crippen LogP contribution in [0.2, 0.25) is 0 Å². The molecule has 3 rings (SSSR count). The fraction of sp³-hybridized carbons (Fsp3) is 0.600. The van der Waals surface area contributed by atoms with Gasteiger partial charge in [-0.05, 0) is 44.2 Å². The molecular weight excluding hydrogens is 226 g/mol. The van der Waals surface area contributed by atoms with Gasteiger partial charge in [0.05, 0.1) is 6.61 Å². The Hall–Kier alpha value is -0.900. The molecule has 1 unspecified atom stereocenters. The average molecular weight is 247 g/mol.